The third-order valence-electron chi connectivity index (χ3n) is 6.21. The number of aromatic hydroxyl groups is 1. The number of ketones is 1. The van der Waals surface area contributed by atoms with Gasteiger partial charge in [-0.05, 0) is 40.4 Å². The topological polar surface area (TPSA) is 98.0 Å². The van der Waals surface area contributed by atoms with Gasteiger partial charge in [0.15, 0.2) is 5.78 Å². The number of aromatic amines is 2. The molecule has 0 radical (unpaired) electrons. The Morgan fingerprint density at radius 1 is 0.933 bits per heavy atom. The largest absolute Gasteiger partial charge is 0.507 e. The lowest BCUT2D eigenvalue weighted by Gasteiger charge is -2.34. The van der Waals surface area contributed by atoms with Crippen LogP contribution < -0.4 is 10.9 Å². The number of H-pyrrole nitrogens is 2. The van der Waals surface area contributed by atoms with Crippen LogP contribution in [0.4, 0.5) is 5.82 Å². The van der Waals surface area contributed by atoms with E-state index in [1.54, 1.807) is 0 Å². The molecule has 1 aromatic heterocycles. The van der Waals surface area contributed by atoms with Crippen molar-refractivity contribution in [2.45, 2.75) is 77.6 Å². The van der Waals surface area contributed by atoms with Crippen LogP contribution in [-0.4, -0.2) is 21.1 Å². The minimum atomic E-state index is -0.457. The predicted molar refractivity (Wildman–Crippen MR) is 118 cm³/mol. The summed E-state index contributed by atoms with van der Waals surface area (Å²) in [5.41, 5.74) is 3.81. The molecule has 160 valence electrons. The fourth-order valence-electron chi connectivity index (χ4n) is 4.67. The lowest BCUT2D eigenvalue weighted by molar-refractivity contribution is -0.116. The van der Waals surface area contributed by atoms with Crippen molar-refractivity contribution in [3.63, 3.8) is 0 Å². The quantitative estimate of drug-likeness (QED) is 0.555. The first-order valence-corrected chi connectivity index (χ1v) is 10.6. The molecule has 1 aliphatic carbocycles. The summed E-state index contributed by atoms with van der Waals surface area (Å²) in [7, 11) is 0. The molecular weight excluding hydrogens is 378 g/mol. The van der Waals surface area contributed by atoms with Gasteiger partial charge in [0.1, 0.15) is 11.6 Å². The van der Waals surface area contributed by atoms with Gasteiger partial charge in [-0.2, -0.15) is 0 Å². The number of phenolic OH excluding ortho intramolecular Hbond substituents is 1. The van der Waals surface area contributed by atoms with E-state index in [0.717, 1.165) is 35.2 Å². The van der Waals surface area contributed by atoms with Crippen molar-refractivity contribution < 1.29 is 9.90 Å². The summed E-state index contributed by atoms with van der Waals surface area (Å²) in [5.74, 6) is 0.547. The summed E-state index contributed by atoms with van der Waals surface area (Å²) in [6, 6.07) is 3.95. The summed E-state index contributed by atoms with van der Waals surface area (Å²) < 4.78 is 0. The van der Waals surface area contributed by atoms with Crippen molar-refractivity contribution >= 4 is 11.6 Å². The number of rotatable bonds is 1. The van der Waals surface area contributed by atoms with E-state index in [1.165, 1.54) is 0 Å². The van der Waals surface area contributed by atoms with Gasteiger partial charge in [-0.25, -0.2) is 0 Å². The van der Waals surface area contributed by atoms with Crippen molar-refractivity contribution in [1.82, 2.24) is 10.2 Å². The molecule has 0 amide bonds. The number of fused-ring (bicyclic) bond motifs is 1. The van der Waals surface area contributed by atoms with Gasteiger partial charge >= 0.3 is 0 Å². The fraction of sp³-hybridized carbons (Fsp3) is 0.500. The van der Waals surface area contributed by atoms with Crippen LogP contribution >= 0.6 is 0 Å². The molecule has 2 aliphatic rings. The third-order valence-corrected chi connectivity index (χ3v) is 6.21. The number of nitrogens with one attached hydrogen (secondary N) is 3. The van der Waals surface area contributed by atoms with Gasteiger partial charge in [-0.1, -0.05) is 53.7 Å². The highest BCUT2D eigenvalue weighted by molar-refractivity contribution is 6.00. The number of aromatic nitrogens is 2. The Hall–Kier alpha value is -2.76. The van der Waals surface area contributed by atoms with Crippen molar-refractivity contribution in [3.05, 3.63) is 56.0 Å². The van der Waals surface area contributed by atoms with Crippen molar-refractivity contribution in [3.8, 4) is 5.75 Å². The van der Waals surface area contributed by atoms with E-state index in [2.05, 4.69) is 57.1 Å². The Morgan fingerprint density at radius 2 is 1.53 bits per heavy atom. The lowest BCUT2D eigenvalue weighted by Crippen LogP contribution is -2.29. The van der Waals surface area contributed by atoms with Crippen LogP contribution in [0.3, 0.4) is 0 Å². The first-order chi connectivity index (χ1) is 13.9. The maximum Gasteiger partial charge on any atom is 0.270 e. The van der Waals surface area contributed by atoms with Crippen molar-refractivity contribution in [1.29, 1.82) is 0 Å². The molecule has 1 aliphatic heterocycles. The molecular formula is C24H31N3O3. The Kier molecular flexibility index (Phi) is 4.53. The van der Waals surface area contributed by atoms with Crippen LogP contribution in [-0.2, 0) is 15.6 Å². The van der Waals surface area contributed by atoms with Crippen molar-refractivity contribution in [2.75, 3.05) is 5.32 Å². The molecule has 6 heteroatoms. The van der Waals surface area contributed by atoms with Gasteiger partial charge < -0.3 is 10.4 Å². The standard InChI is InChI=1S/C24H31N3O3/c1-23(2,3)13-10-12(11-14(20(13)29)24(4,5)6)17-18-15(8-7-9-16(18)28)25-21-19(17)22(30)27-26-21/h10-11,17,29H,7-9H2,1-6H3,(H3,25,26,27,30)/t17-/m0/s1. The third kappa shape index (κ3) is 3.18. The van der Waals surface area contributed by atoms with Gasteiger partial charge in [-0.3, -0.25) is 19.8 Å². The molecule has 0 unspecified atom stereocenters. The van der Waals surface area contributed by atoms with Crippen LogP contribution in [0.15, 0.2) is 28.2 Å². The van der Waals surface area contributed by atoms with E-state index >= 15 is 0 Å². The summed E-state index contributed by atoms with van der Waals surface area (Å²) in [6.45, 7) is 12.4. The minimum absolute atomic E-state index is 0.0858. The first kappa shape index (κ1) is 20.5. The van der Waals surface area contributed by atoms with E-state index in [4.69, 9.17) is 0 Å². The number of carbonyl (C=O) groups is 1. The summed E-state index contributed by atoms with van der Waals surface area (Å²) in [6.07, 6.45) is 2.07. The molecule has 4 rings (SSSR count). The minimum Gasteiger partial charge on any atom is -0.507 e. The van der Waals surface area contributed by atoms with Gasteiger partial charge in [0.05, 0.1) is 5.56 Å². The smallest absolute Gasteiger partial charge is 0.270 e. The maximum absolute atomic E-state index is 13.0. The zero-order valence-electron chi connectivity index (χ0n) is 18.6. The van der Waals surface area contributed by atoms with E-state index in [1.807, 2.05) is 12.1 Å². The molecule has 0 saturated carbocycles. The molecule has 0 saturated heterocycles. The molecule has 0 fully saturated rings. The highest BCUT2D eigenvalue weighted by Gasteiger charge is 2.39. The van der Waals surface area contributed by atoms with E-state index in [0.29, 0.717) is 29.1 Å². The van der Waals surface area contributed by atoms with Crippen LogP contribution in [0, 0.1) is 0 Å². The first-order valence-electron chi connectivity index (χ1n) is 10.6. The number of hydrogen-bond donors (Lipinski definition) is 4. The second-order valence-electron chi connectivity index (χ2n) is 10.6. The van der Waals surface area contributed by atoms with E-state index < -0.39 is 5.92 Å². The summed E-state index contributed by atoms with van der Waals surface area (Å²) in [5, 5.41) is 20.0. The van der Waals surface area contributed by atoms with Crippen molar-refractivity contribution in [2.24, 2.45) is 0 Å². The summed E-state index contributed by atoms with van der Waals surface area (Å²) >= 11 is 0. The normalized spacial score (nSPS) is 19.4. The van der Waals surface area contributed by atoms with Gasteiger partial charge in [0.25, 0.3) is 5.56 Å². The Labute approximate surface area is 176 Å². The maximum atomic E-state index is 13.0. The molecule has 4 N–H and O–H groups in total. The second kappa shape index (κ2) is 6.62. The van der Waals surface area contributed by atoms with Crippen LogP contribution in [0.2, 0.25) is 0 Å². The monoisotopic (exact) mass is 409 g/mol. The summed E-state index contributed by atoms with van der Waals surface area (Å²) in [4.78, 5) is 25.8. The average Bonchev–Trinajstić information content (AvgIpc) is 2.99. The number of hydrogen-bond acceptors (Lipinski definition) is 4. The molecule has 6 nitrogen and oxygen atoms in total. The van der Waals surface area contributed by atoms with Gasteiger partial charge in [0, 0.05) is 23.6 Å². The SMILES string of the molecule is CC(C)(C)c1cc([C@H]2C3=C(CCCC3=O)Nc3[nH][nH]c(=O)c32)cc(C(C)(C)C)c1O. The number of anilines is 1. The number of benzene rings is 1. The average molecular weight is 410 g/mol. The Morgan fingerprint density at radius 3 is 2.10 bits per heavy atom. The van der Waals surface area contributed by atoms with Crippen LogP contribution in [0.1, 0.15) is 89.0 Å². The molecule has 2 heterocycles. The molecule has 30 heavy (non-hydrogen) atoms. The number of allylic oxidation sites excluding steroid dienone is 2. The molecule has 0 bridgehead atoms. The Balaban J connectivity index is 2.05. The molecule has 0 spiro atoms. The predicted octanol–water partition coefficient (Wildman–Crippen LogP) is 4.57. The Bertz CT molecular complexity index is 1080. The van der Waals surface area contributed by atoms with Crippen LogP contribution in [0.5, 0.6) is 5.75 Å². The number of carbonyl (C=O) groups excluding carboxylic acids is 1. The van der Waals surface area contributed by atoms with Gasteiger partial charge in [0.2, 0.25) is 0 Å². The highest BCUT2D eigenvalue weighted by Crippen LogP contribution is 2.47. The molecule has 1 aromatic carbocycles. The fourth-order valence-corrected chi connectivity index (χ4v) is 4.67. The highest BCUT2D eigenvalue weighted by atomic mass is 16.3. The molecule has 2 aromatic rings. The zero-order chi connectivity index (χ0) is 22.0. The van der Waals surface area contributed by atoms with E-state index in [9.17, 15) is 14.7 Å². The van der Waals surface area contributed by atoms with Crippen LogP contribution in [0.25, 0.3) is 0 Å². The molecule has 1 atom stereocenters. The van der Waals surface area contributed by atoms with Gasteiger partial charge in [-0.15, -0.1) is 0 Å². The second-order valence-corrected chi connectivity index (χ2v) is 10.6. The lowest BCUT2D eigenvalue weighted by atomic mass is 9.72. The number of phenols is 1. The number of Topliss-reactive ketones (excluding diaryl/α,β-unsaturated/α-hetero) is 1. The van der Waals surface area contributed by atoms with E-state index in [-0.39, 0.29) is 22.2 Å². The zero-order valence-corrected chi connectivity index (χ0v) is 18.6.